The van der Waals surface area contributed by atoms with E-state index in [2.05, 4.69) is 4.98 Å². The smallest absolute Gasteiger partial charge is 0.300 e. The monoisotopic (exact) mass is 442 g/mol. The first kappa shape index (κ1) is 20.5. The molecule has 1 aliphatic rings. The zero-order chi connectivity index (χ0) is 23.1. The van der Waals surface area contributed by atoms with Gasteiger partial charge in [0, 0.05) is 33.9 Å². The van der Waals surface area contributed by atoms with Crippen LogP contribution in [0.4, 0.5) is 10.1 Å². The summed E-state index contributed by atoms with van der Waals surface area (Å²) in [7, 11) is 1.50. The topological polar surface area (TPSA) is 82.6 Å². The van der Waals surface area contributed by atoms with Crippen molar-refractivity contribution in [3.05, 3.63) is 102 Å². The van der Waals surface area contributed by atoms with E-state index in [1.807, 2.05) is 24.3 Å². The number of aromatic amines is 1. The summed E-state index contributed by atoms with van der Waals surface area (Å²) in [6.07, 6.45) is 1.72. The maximum Gasteiger partial charge on any atom is 0.300 e. The molecule has 0 spiro atoms. The Bertz CT molecular complexity index is 1420. The third-order valence-electron chi connectivity index (χ3n) is 5.81. The van der Waals surface area contributed by atoms with Crippen molar-refractivity contribution in [2.45, 2.75) is 6.04 Å². The number of aliphatic hydroxyl groups excluding tert-OH is 1. The van der Waals surface area contributed by atoms with Gasteiger partial charge in [-0.15, -0.1) is 0 Å². The number of fused-ring (bicyclic) bond motifs is 1. The number of amides is 1. The van der Waals surface area contributed by atoms with Crippen molar-refractivity contribution in [2.24, 2.45) is 0 Å². The molecule has 1 aromatic heterocycles. The summed E-state index contributed by atoms with van der Waals surface area (Å²) in [6, 6.07) is 18.5. The number of benzene rings is 3. The standard InChI is InChI=1S/C26H19FN2O4/c1-33-18-6-4-5-15(13-18)24(30)22-23(20-14-28-21-8-3-2-7-19(20)21)29(26(32)25(22)31)17-11-9-16(27)10-12-17/h2-14,23,28,30H,1H3/b24-22+. The average molecular weight is 442 g/mol. The number of methoxy groups -OCH3 is 1. The minimum absolute atomic E-state index is 0.0534. The van der Waals surface area contributed by atoms with Gasteiger partial charge in [0.2, 0.25) is 0 Å². The fourth-order valence-electron chi connectivity index (χ4n) is 4.24. The number of Topliss-reactive ketones (excluding diaryl/α,β-unsaturated/α-hetero) is 1. The molecule has 0 aliphatic carbocycles. The molecule has 1 saturated heterocycles. The number of carbonyl (C=O) groups excluding carboxylic acids is 2. The van der Waals surface area contributed by atoms with Crippen LogP contribution < -0.4 is 9.64 Å². The van der Waals surface area contributed by atoms with Gasteiger partial charge in [-0.1, -0.05) is 30.3 Å². The number of anilines is 1. The summed E-state index contributed by atoms with van der Waals surface area (Å²) in [6.45, 7) is 0. The predicted octanol–water partition coefficient (Wildman–Crippen LogP) is 4.94. The van der Waals surface area contributed by atoms with Crippen molar-refractivity contribution in [1.82, 2.24) is 4.98 Å². The maximum absolute atomic E-state index is 13.6. The van der Waals surface area contributed by atoms with Crippen molar-refractivity contribution in [3.63, 3.8) is 0 Å². The third kappa shape index (κ3) is 3.34. The lowest BCUT2D eigenvalue weighted by molar-refractivity contribution is -0.132. The molecular weight excluding hydrogens is 423 g/mol. The number of aromatic nitrogens is 1. The van der Waals surface area contributed by atoms with E-state index in [1.54, 1.807) is 30.5 Å². The van der Waals surface area contributed by atoms with Gasteiger partial charge < -0.3 is 14.8 Å². The number of para-hydroxylation sites is 1. The Kier molecular flexibility index (Phi) is 4.94. The minimum atomic E-state index is -0.919. The second kappa shape index (κ2) is 7.94. The molecule has 3 aromatic carbocycles. The number of rotatable bonds is 4. The van der Waals surface area contributed by atoms with Crippen LogP contribution >= 0.6 is 0 Å². The van der Waals surface area contributed by atoms with Gasteiger partial charge in [-0.25, -0.2) is 4.39 Å². The summed E-state index contributed by atoms with van der Waals surface area (Å²) >= 11 is 0. The second-order valence-electron chi connectivity index (χ2n) is 7.67. The van der Waals surface area contributed by atoms with Crippen molar-refractivity contribution in [3.8, 4) is 5.75 Å². The van der Waals surface area contributed by atoms with Crippen LogP contribution in [0.25, 0.3) is 16.7 Å². The highest BCUT2D eigenvalue weighted by atomic mass is 19.1. The summed E-state index contributed by atoms with van der Waals surface area (Å²) in [4.78, 5) is 30.9. The Morgan fingerprint density at radius 1 is 1.03 bits per heavy atom. The number of ether oxygens (including phenoxy) is 1. The zero-order valence-corrected chi connectivity index (χ0v) is 17.6. The van der Waals surface area contributed by atoms with E-state index in [1.165, 1.54) is 36.3 Å². The van der Waals surface area contributed by atoms with Gasteiger partial charge in [-0.3, -0.25) is 14.5 Å². The lowest BCUT2D eigenvalue weighted by Crippen LogP contribution is -2.29. The van der Waals surface area contributed by atoms with E-state index in [0.717, 1.165) is 10.9 Å². The van der Waals surface area contributed by atoms with E-state index in [-0.39, 0.29) is 11.3 Å². The van der Waals surface area contributed by atoms with Crippen LogP contribution in [0.1, 0.15) is 17.2 Å². The summed E-state index contributed by atoms with van der Waals surface area (Å²) in [5.74, 6) is -1.91. The van der Waals surface area contributed by atoms with E-state index < -0.39 is 23.5 Å². The number of ketones is 1. The third-order valence-corrected chi connectivity index (χ3v) is 5.81. The van der Waals surface area contributed by atoms with Gasteiger partial charge in [-0.05, 0) is 42.5 Å². The first-order valence-corrected chi connectivity index (χ1v) is 10.3. The van der Waals surface area contributed by atoms with Crippen molar-refractivity contribution >= 4 is 34.0 Å². The highest BCUT2D eigenvalue weighted by Gasteiger charge is 2.47. The second-order valence-corrected chi connectivity index (χ2v) is 7.67. The molecule has 4 aromatic rings. The Balaban J connectivity index is 1.77. The van der Waals surface area contributed by atoms with Crippen LogP contribution in [0, 0.1) is 5.82 Å². The van der Waals surface area contributed by atoms with Gasteiger partial charge in [0.15, 0.2) is 0 Å². The van der Waals surface area contributed by atoms with Gasteiger partial charge in [-0.2, -0.15) is 0 Å². The quantitative estimate of drug-likeness (QED) is 0.266. The Labute approximate surface area is 188 Å². The molecule has 164 valence electrons. The average Bonchev–Trinajstić information content (AvgIpc) is 3.38. The van der Waals surface area contributed by atoms with Gasteiger partial charge in [0.1, 0.15) is 17.3 Å². The van der Waals surface area contributed by atoms with Crippen LogP contribution in [0.15, 0.2) is 84.6 Å². The highest BCUT2D eigenvalue weighted by molar-refractivity contribution is 6.51. The van der Waals surface area contributed by atoms with E-state index in [4.69, 9.17) is 4.74 Å². The number of aliphatic hydroxyl groups is 1. The molecule has 2 heterocycles. The molecule has 0 bridgehead atoms. The molecule has 33 heavy (non-hydrogen) atoms. The molecule has 1 aliphatic heterocycles. The first-order chi connectivity index (χ1) is 16.0. The molecule has 1 fully saturated rings. The summed E-state index contributed by atoms with van der Waals surface area (Å²) < 4.78 is 18.8. The minimum Gasteiger partial charge on any atom is -0.507 e. The van der Waals surface area contributed by atoms with Gasteiger partial charge >= 0.3 is 0 Å². The predicted molar refractivity (Wildman–Crippen MR) is 122 cm³/mol. The van der Waals surface area contributed by atoms with Gasteiger partial charge in [0.25, 0.3) is 11.7 Å². The number of nitrogens with one attached hydrogen (secondary N) is 1. The van der Waals surface area contributed by atoms with E-state index in [9.17, 15) is 19.1 Å². The fraction of sp³-hybridized carbons (Fsp3) is 0.0769. The number of hydrogen-bond acceptors (Lipinski definition) is 4. The maximum atomic E-state index is 13.6. The van der Waals surface area contributed by atoms with Crippen LogP contribution in [-0.4, -0.2) is 28.9 Å². The molecule has 7 heteroatoms. The number of H-pyrrole nitrogens is 1. The number of hydrogen-bond donors (Lipinski definition) is 2. The van der Waals surface area contributed by atoms with Gasteiger partial charge in [0.05, 0.1) is 18.7 Å². The highest BCUT2D eigenvalue weighted by Crippen LogP contribution is 2.44. The number of carbonyl (C=O) groups is 2. The molecule has 0 saturated carbocycles. The molecule has 1 unspecified atom stereocenters. The molecule has 2 N–H and O–H groups in total. The van der Waals surface area contributed by atoms with Crippen LogP contribution in [0.2, 0.25) is 0 Å². The molecular formula is C26H19FN2O4. The molecule has 0 radical (unpaired) electrons. The largest absolute Gasteiger partial charge is 0.507 e. The summed E-state index contributed by atoms with van der Waals surface area (Å²) in [5, 5.41) is 12.0. The number of halogens is 1. The van der Waals surface area contributed by atoms with Crippen LogP contribution in [0.3, 0.4) is 0 Å². The van der Waals surface area contributed by atoms with Crippen molar-refractivity contribution < 1.29 is 23.8 Å². The normalized spacial score (nSPS) is 17.6. The molecule has 1 amide bonds. The van der Waals surface area contributed by atoms with Crippen LogP contribution in [-0.2, 0) is 9.59 Å². The summed E-state index contributed by atoms with van der Waals surface area (Å²) in [5.41, 5.74) is 2.09. The lowest BCUT2D eigenvalue weighted by atomic mass is 9.94. The van der Waals surface area contributed by atoms with Crippen molar-refractivity contribution in [2.75, 3.05) is 12.0 Å². The van der Waals surface area contributed by atoms with E-state index in [0.29, 0.717) is 22.6 Å². The van der Waals surface area contributed by atoms with Crippen molar-refractivity contribution in [1.29, 1.82) is 0 Å². The Hall–Kier alpha value is -4.39. The Morgan fingerprint density at radius 3 is 2.55 bits per heavy atom. The van der Waals surface area contributed by atoms with E-state index >= 15 is 0 Å². The fourth-order valence-corrected chi connectivity index (χ4v) is 4.24. The lowest BCUT2D eigenvalue weighted by Gasteiger charge is -2.25. The first-order valence-electron chi connectivity index (χ1n) is 10.3. The number of nitrogens with zero attached hydrogens (tertiary/aromatic N) is 1. The molecule has 5 rings (SSSR count). The van der Waals surface area contributed by atoms with Crippen LogP contribution in [0.5, 0.6) is 5.75 Å². The SMILES string of the molecule is COc1cccc(/C(O)=C2\C(=O)C(=O)N(c3ccc(F)cc3)C2c2c[nH]c3ccccc23)c1. The Morgan fingerprint density at radius 2 is 1.79 bits per heavy atom. The molecule has 1 atom stereocenters. The molecule has 6 nitrogen and oxygen atoms in total. The zero-order valence-electron chi connectivity index (χ0n) is 17.6.